The van der Waals surface area contributed by atoms with Gasteiger partial charge in [-0.25, -0.2) is 9.79 Å². The summed E-state index contributed by atoms with van der Waals surface area (Å²) >= 11 is 7.09. The molecule has 5 nitrogen and oxygen atoms in total. The normalized spacial score (nSPS) is 14.8. The first-order chi connectivity index (χ1) is 14.0. The van der Waals surface area contributed by atoms with Gasteiger partial charge >= 0.3 is 5.97 Å². The van der Waals surface area contributed by atoms with Crippen LogP contribution in [0.4, 0.5) is 0 Å². The lowest BCUT2D eigenvalue weighted by Crippen LogP contribution is -2.04. The lowest BCUT2D eigenvalue weighted by Gasteiger charge is -2.12. The van der Waals surface area contributed by atoms with E-state index in [-0.39, 0.29) is 11.6 Å². The molecule has 0 radical (unpaired) electrons. The van der Waals surface area contributed by atoms with Crippen LogP contribution < -0.4 is 4.74 Å². The minimum atomic E-state index is -0.525. The molecule has 0 saturated carbocycles. The van der Waals surface area contributed by atoms with Crippen LogP contribution >= 0.6 is 31.9 Å². The van der Waals surface area contributed by atoms with Gasteiger partial charge in [0.1, 0.15) is 12.4 Å². The van der Waals surface area contributed by atoms with Crippen molar-refractivity contribution in [3.8, 4) is 5.75 Å². The maximum absolute atomic E-state index is 12.1. The van der Waals surface area contributed by atoms with Crippen molar-refractivity contribution < 1.29 is 18.7 Å². The Bertz CT molecular complexity index is 1110. The molecule has 0 amide bonds. The van der Waals surface area contributed by atoms with Crippen molar-refractivity contribution >= 4 is 49.8 Å². The van der Waals surface area contributed by atoms with Crippen molar-refractivity contribution in [3.63, 3.8) is 0 Å². The second-order valence-corrected chi connectivity index (χ2v) is 8.11. The quantitative estimate of drug-likeness (QED) is 0.306. The van der Waals surface area contributed by atoms with Crippen LogP contribution in [0.1, 0.15) is 22.5 Å². The molecule has 29 heavy (non-hydrogen) atoms. The molecule has 0 bridgehead atoms. The number of aryl methyl sites for hydroxylation is 1. The van der Waals surface area contributed by atoms with Crippen molar-refractivity contribution in [2.24, 2.45) is 4.99 Å². The van der Waals surface area contributed by atoms with Crippen molar-refractivity contribution in [2.75, 3.05) is 0 Å². The van der Waals surface area contributed by atoms with E-state index < -0.39 is 5.97 Å². The van der Waals surface area contributed by atoms with Gasteiger partial charge in [-0.3, -0.25) is 0 Å². The van der Waals surface area contributed by atoms with E-state index in [9.17, 15) is 4.79 Å². The Balaban J connectivity index is 1.55. The largest absolute Gasteiger partial charge is 0.487 e. The molecule has 0 aliphatic carbocycles. The molecule has 1 aliphatic rings. The standard InChI is InChI=1S/C22H15Br2NO4/c1-13-4-2-5-14(8-13)12-28-20-16(23)9-15(10-17(20)24)11-18-22(26)29-21(25-18)19-6-3-7-27-19/h2-11H,12H2,1H3/b18-11-. The molecule has 3 aromatic rings. The maximum atomic E-state index is 12.1. The second-order valence-electron chi connectivity index (χ2n) is 6.40. The molecule has 146 valence electrons. The van der Waals surface area contributed by atoms with Crippen LogP contribution in [0.3, 0.4) is 0 Å². The number of ether oxygens (including phenoxy) is 2. The minimum Gasteiger partial charge on any atom is -0.487 e. The molecule has 2 heterocycles. The summed E-state index contributed by atoms with van der Waals surface area (Å²) in [5.74, 6) is 0.720. The maximum Gasteiger partial charge on any atom is 0.363 e. The highest BCUT2D eigenvalue weighted by atomic mass is 79.9. The average molecular weight is 517 g/mol. The van der Waals surface area contributed by atoms with Crippen LogP contribution in [-0.2, 0) is 16.1 Å². The van der Waals surface area contributed by atoms with Gasteiger partial charge in [-0.05, 0) is 80.3 Å². The van der Waals surface area contributed by atoms with Crippen molar-refractivity contribution in [1.29, 1.82) is 0 Å². The van der Waals surface area contributed by atoms with Crippen LogP contribution in [0.25, 0.3) is 6.08 Å². The smallest absolute Gasteiger partial charge is 0.363 e. The fourth-order valence-electron chi connectivity index (χ4n) is 2.83. The van der Waals surface area contributed by atoms with E-state index in [0.717, 1.165) is 20.1 Å². The van der Waals surface area contributed by atoms with Crippen LogP contribution in [0, 0.1) is 6.92 Å². The monoisotopic (exact) mass is 515 g/mol. The topological polar surface area (TPSA) is 61.0 Å². The first-order valence-electron chi connectivity index (χ1n) is 8.73. The van der Waals surface area contributed by atoms with Gasteiger partial charge in [0.05, 0.1) is 15.2 Å². The van der Waals surface area contributed by atoms with E-state index in [1.807, 2.05) is 37.3 Å². The Kier molecular flexibility index (Phi) is 5.69. The predicted molar refractivity (Wildman–Crippen MR) is 117 cm³/mol. The number of nitrogens with zero attached hydrogens (tertiary/aromatic N) is 1. The van der Waals surface area contributed by atoms with Gasteiger partial charge in [-0.15, -0.1) is 0 Å². The Hall–Kier alpha value is -2.64. The van der Waals surface area contributed by atoms with Gasteiger partial charge < -0.3 is 13.9 Å². The van der Waals surface area contributed by atoms with Crippen molar-refractivity contribution in [3.05, 3.63) is 91.9 Å². The van der Waals surface area contributed by atoms with E-state index in [2.05, 4.69) is 42.9 Å². The molecule has 0 unspecified atom stereocenters. The average Bonchev–Trinajstić information content (AvgIpc) is 3.32. The number of aliphatic imine (C=N–C) groups is 1. The third-order valence-electron chi connectivity index (χ3n) is 4.14. The lowest BCUT2D eigenvalue weighted by atomic mass is 10.1. The molecule has 1 aromatic heterocycles. The highest BCUT2D eigenvalue weighted by molar-refractivity contribution is 9.11. The number of hydrogen-bond donors (Lipinski definition) is 0. The number of esters is 1. The molecular weight excluding hydrogens is 502 g/mol. The summed E-state index contributed by atoms with van der Waals surface area (Å²) in [6.07, 6.45) is 3.15. The van der Waals surface area contributed by atoms with Crippen molar-refractivity contribution in [2.45, 2.75) is 13.5 Å². The SMILES string of the molecule is Cc1cccc(COc2c(Br)cc(/C=C3\N=C(c4ccco4)OC3=O)cc2Br)c1. The molecule has 4 rings (SSSR count). The zero-order valence-corrected chi connectivity index (χ0v) is 18.5. The third kappa shape index (κ3) is 4.52. The highest BCUT2D eigenvalue weighted by Crippen LogP contribution is 2.36. The Morgan fingerprint density at radius 3 is 2.59 bits per heavy atom. The number of furan rings is 1. The number of hydrogen-bond acceptors (Lipinski definition) is 5. The van der Waals surface area contributed by atoms with E-state index in [0.29, 0.717) is 18.1 Å². The fraction of sp³-hybridized carbons (Fsp3) is 0.0909. The van der Waals surface area contributed by atoms with Gasteiger partial charge in [-0.1, -0.05) is 29.8 Å². The van der Waals surface area contributed by atoms with Gasteiger partial charge in [0.15, 0.2) is 11.5 Å². The molecule has 2 aromatic carbocycles. The summed E-state index contributed by atoms with van der Waals surface area (Å²) in [6, 6.07) is 15.3. The van der Waals surface area contributed by atoms with E-state index >= 15 is 0 Å². The molecule has 7 heteroatoms. The molecule has 0 N–H and O–H groups in total. The summed E-state index contributed by atoms with van der Waals surface area (Å²) in [4.78, 5) is 16.3. The van der Waals surface area contributed by atoms with E-state index in [1.165, 1.54) is 11.8 Å². The number of halogens is 2. The fourth-order valence-corrected chi connectivity index (χ4v) is 4.28. The summed E-state index contributed by atoms with van der Waals surface area (Å²) in [5, 5.41) is 0. The summed E-state index contributed by atoms with van der Waals surface area (Å²) in [5.41, 5.74) is 3.24. The predicted octanol–water partition coefficient (Wildman–Crippen LogP) is 6.04. The van der Waals surface area contributed by atoms with Crippen LogP contribution in [0.5, 0.6) is 5.75 Å². The number of cyclic esters (lactones) is 1. The summed E-state index contributed by atoms with van der Waals surface area (Å²) < 4.78 is 17.9. The molecule has 1 aliphatic heterocycles. The van der Waals surface area contributed by atoms with E-state index in [1.54, 1.807) is 18.2 Å². The van der Waals surface area contributed by atoms with Gasteiger partial charge in [0.25, 0.3) is 5.90 Å². The molecule has 0 spiro atoms. The Morgan fingerprint density at radius 1 is 1.10 bits per heavy atom. The molecule has 0 atom stereocenters. The number of benzene rings is 2. The van der Waals surface area contributed by atoms with E-state index in [4.69, 9.17) is 13.9 Å². The van der Waals surface area contributed by atoms with Gasteiger partial charge in [-0.2, -0.15) is 0 Å². The lowest BCUT2D eigenvalue weighted by molar-refractivity contribution is -0.130. The first-order valence-corrected chi connectivity index (χ1v) is 10.3. The van der Waals surface area contributed by atoms with Crippen LogP contribution in [-0.4, -0.2) is 11.9 Å². The third-order valence-corrected chi connectivity index (χ3v) is 5.32. The zero-order valence-electron chi connectivity index (χ0n) is 15.3. The molecular formula is C22H15Br2NO4. The van der Waals surface area contributed by atoms with Crippen LogP contribution in [0.15, 0.2) is 78.8 Å². The number of carbonyl (C=O) groups excluding carboxylic acids is 1. The number of rotatable bonds is 5. The zero-order chi connectivity index (χ0) is 20.4. The summed E-state index contributed by atoms with van der Waals surface area (Å²) in [6.45, 7) is 2.49. The second kappa shape index (κ2) is 8.39. The minimum absolute atomic E-state index is 0.155. The molecule has 0 fully saturated rings. The number of carbonyl (C=O) groups is 1. The Labute approximate surface area is 184 Å². The van der Waals surface area contributed by atoms with Gasteiger partial charge in [0, 0.05) is 0 Å². The summed E-state index contributed by atoms with van der Waals surface area (Å²) in [7, 11) is 0. The van der Waals surface area contributed by atoms with Crippen LogP contribution in [0.2, 0.25) is 0 Å². The first kappa shape index (κ1) is 19.7. The van der Waals surface area contributed by atoms with Gasteiger partial charge in [0.2, 0.25) is 0 Å². The van der Waals surface area contributed by atoms with Crippen molar-refractivity contribution in [1.82, 2.24) is 0 Å². The Morgan fingerprint density at radius 2 is 1.90 bits per heavy atom. The molecule has 0 saturated heterocycles. The highest BCUT2D eigenvalue weighted by Gasteiger charge is 2.26.